The third-order valence-electron chi connectivity index (χ3n) is 3.72. The monoisotopic (exact) mass is 214 g/mol. The van der Waals surface area contributed by atoms with Gasteiger partial charge in [-0.3, -0.25) is 0 Å². The summed E-state index contributed by atoms with van der Waals surface area (Å²) in [6.07, 6.45) is 5.85. The van der Waals surface area contributed by atoms with Gasteiger partial charge in [-0.1, -0.05) is 39.5 Å². The van der Waals surface area contributed by atoms with Gasteiger partial charge in [-0.25, -0.2) is 0 Å². The van der Waals surface area contributed by atoms with E-state index < -0.39 is 0 Å². The smallest absolute Gasteiger partial charge is 0.0647 e. The zero-order valence-electron chi connectivity index (χ0n) is 10.7. The van der Waals surface area contributed by atoms with Crippen molar-refractivity contribution in [3.8, 4) is 0 Å². The molecular formula is C13H26O2. The lowest BCUT2D eigenvalue weighted by Crippen LogP contribution is -2.35. The SMILES string of the molecule is COCC(C1CCCC1)C(OC)C(C)C. The summed E-state index contributed by atoms with van der Waals surface area (Å²) in [6.45, 7) is 5.33. The van der Waals surface area contributed by atoms with Crippen LogP contribution in [-0.2, 0) is 9.47 Å². The molecule has 0 saturated heterocycles. The molecule has 0 heterocycles. The molecular weight excluding hydrogens is 188 g/mol. The highest BCUT2D eigenvalue weighted by Crippen LogP contribution is 2.35. The molecule has 0 N–H and O–H groups in total. The van der Waals surface area contributed by atoms with Crippen LogP contribution in [0.5, 0.6) is 0 Å². The van der Waals surface area contributed by atoms with E-state index in [9.17, 15) is 0 Å². The van der Waals surface area contributed by atoms with Crippen molar-refractivity contribution in [1.82, 2.24) is 0 Å². The van der Waals surface area contributed by atoms with Crippen LogP contribution in [0.25, 0.3) is 0 Å². The summed E-state index contributed by atoms with van der Waals surface area (Å²) < 4.78 is 11.0. The average Bonchev–Trinajstić information content (AvgIpc) is 2.69. The summed E-state index contributed by atoms with van der Waals surface area (Å²) in [5.41, 5.74) is 0. The summed E-state index contributed by atoms with van der Waals surface area (Å²) in [6, 6.07) is 0. The Bertz CT molecular complexity index is 162. The van der Waals surface area contributed by atoms with Gasteiger partial charge < -0.3 is 9.47 Å². The Morgan fingerprint density at radius 3 is 2.13 bits per heavy atom. The first-order chi connectivity index (χ1) is 7.20. The Balaban J connectivity index is 2.60. The van der Waals surface area contributed by atoms with Crippen LogP contribution in [0.4, 0.5) is 0 Å². The standard InChI is InChI=1S/C13H26O2/c1-10(2)13(15-4)12(9-14-3)11-7-5-6-8-11/h10-13H,5-9H2,1-4H3. The third kappa shape index (κ3) is 3.46. The van der Waals surface area contributed by atoms with Crippen molar-refractivity contribution in [2.45, 2.75) is 45.6 Å². The minimum atomic E-state index is 0.355. The maximum Gasteiger partial charge on any atom is 0.0647 e. The summed E-state index contributed by atoms with van der Waals surface area (Å²) in [5, 5.41) is 0. The van der Waals surface area contributed by atoms with E-state index in [-0.39, 0.29) is 0 Å². The molecule has 0 bridgehead atoms. The van der Waals surface area contributed by atoms with Gasteiger partial charge in [-0.05, 0) is 11.8 Å². The van der Waals surface area contributed by atoms with E-state index in [1.54, 1.807) is 7.11 Å². The normalized spacial score (nSPS) is 22.2. The first-order valence-electron chi connectivity index (χ1n) is 6.22. The lowest BCUT2D eigenvalue weighted by Gasteiger charge is -2.32. The molecule has 0 spiro atoms. The Morgan fingerprint density at radius 2 is 1.73 bits per heavy atom. The lowest BCUT2D eigenvalue weighted by molar-refractivity contribution is -0.0352. The zero-order chi connectivity index (χ0) is 11.3. The van der Waals surface area contributed by atoms with Gasteiger partial charge in [0.1, 0.15) is 0 Å². The largest absolute Gasteiger partial charge is 0.384 e. The number of hydrogen-bond acceptors (Lipinski definition) is 2. The van der Waals surface area contributed by atoms with Crippen LogP contribution in [0.2, 0.25) is 0 Å². The van der Waals surface area contributed by atoms with E-state index in [4.69, 9.17) is 9.47 Å². The third-order valence-corrected chi connectivity index (χ3v) is 3.72. The zero-order valence-corrected chi connectivity index (χ0v) is 10.7. The molecule has 1 saturated carbocycles. The van der Waals surface area contributed by atoms with Gasteiger partial charge in [0.05, 0.1) is 12.7 Å². The first kappa shape index (κ1) is 13.0. The number of methoxy groups -OCH3 is 2. The van der Waals surface area contributed by atoms with Gasteiger partial charge >= 0.3 is 0 Å². The Kier molecular flexibility index (Phi) is 5.62. The molecule has 1 fully saturated rings. The van der Waals surface area contributed by atoms with Crippen LogP contribution in [0.1, 0.15) is 39.5 Å². The van der Waals surface area contributed by atoms with Crippen molar-refractivity contribution < 1.29 is 9.47 Å². The first-order valence-corrected chi connectivity index (χ1v) is 6.22. The second kappa shape index (κ2) is 6.49. The predicted molar refractivity (Wildman–Crippen MR) is 63.0 cm³/mol. The highest BCUT2D eigenvalue weighted by atomic mass is 16.5. The Morgan fingerprint density at radius 1 is 1.13 bits per heavy atom. The van der Waals surface area contributed by atoms with Gasteiger partial charge in [-0.2, -0.15) is 0 Å². The van der Waals surface area contributed by atoms with E-state index in [1.165, 1.54) is 25.7 Å². The fourth-order valence-corrected chi connectivity index (χ4v) is 3.02. The molecule has 2 unspecified atom stereocenters. The van der Waals surface area contributed by atoms with Crippen molar-refractivity contribution >= 4 is 0 Å². The van der Waals surface area contributed by atoms with E-state index in [2.05, 4.69) is 13.8 Å². The maximum atomic E-state index is 5.66. The topological polar surface area (TPSA) is 18.5 Å². The number of hydrogen-bond donors (Lipinski definition) is 0. The molecule has 1 aliphatic carbocycles. The quantitative estimate of drug-likeness (QED) is 0.676. The molecule has 2 nitrogen and oxygen atoms in total. The molecule has 2 heteroatoms. The summed E-state index contributed by atoms with van der Waals surface area (Å²) in [5.74, 6) is 1.98. The van der Waals surface area contributed by atoms with Crippen molar-refractivity contribution in [2.75, 3.05) is 20.8 Å². The minimum absolute atomic E-state index is 0.355. The summed E-state index contributed by atoms with van der Waals surface area (Å²) >= 11 is 0. The Labute approximate surface area is 94.3 Å². The number of ether oxygens (including phenoxy) is 2. The van der Waals surface area contributed by atoms with Crippen molar-refractivity contribution in [2.24, 2.45) is 17.8 Å². The van der Waals surface area contributed by atoms with E-state index in [0.29, 0.717) is 17.9 Å². The van der Waals surface area contributed by atoms with Crippen LogP contribution in [0.3, 0.4) is 0 Å². The number of rotatable bonds is 6. The van der Waals surface area contributed by atoms with Gasteiger partial charge in [0, 0.05) is 20.1 Å². The second-order valence-corrected chi connectivity index (χ2v) is 5.11. The molecule has 0 radical (unpaired) electrons. The van der Waals surface area contributed by atoms with E-state index in [0.717, 1.165) is 12.5 Å². The summed E-state index contributed by atoms with van der Waals surface area (Å²) in [7, 11) is 3.64. The van der Waals surface area contributed by atoms with E-state index >= 15 is 0 Å². The molecule has 0 aromatic rings. The van der Waals surface area contributed by atoms with Crippen LogP contribution in [0.15, 0.2) is 0 Å². The van der Waals surface area contributed by atoms with Crippen molar-refractivity contribution in [3.63, 3.8) is 0 Å². The molecule has 2 atom stereocenters. The molecule has 1 aliphatic rings. The molecule has 1 rings (SSSR count). The lowest BCUT2D eigenvalue weighted by atomic mass is 9.82. The van der Waals surface area contributed by atoms with Crippen LogP contribution >= 0.6 is 0 Å². The van der Waals surface area contributed by atoms with Crippen LogP contribution in [0, 0.1) is 17.8 Å². The molecule has 15 heavy (non-hydrogen) atoms. The molecule has 0 aromatic heterocycles. The van der Waals surface area contributed by atoms with Crippen LogP contribution < -0.4 is 0 Å². The molecule has 0 aromatic carbocycles. The van der Waals surface area contributed by atoms with Gasteiger partial charge in [-0.15, -0.1) is 0 Å². The fourth-order valence-electron chi connectivity index (χ4n) is 3.02. The van der Waals surface area contributed by atoms with Crippen LogP contribution in [-0.4, -0.2) is 26.9 Å². The van der Waals surface area contributed by atoms with Crippen molar-refractivity contribution in [1.29, 1.82) is 0 Å². The van der Waals surface area contributed by atoms with Gasteiger partial charge in [0.15, 0.2) is 0 Å². The highest BCUT2D eigenvalue weighted by Gasteiger charge is 2.33. The minimum Gasteiger partial charge on any atom is -0.384 e. The molecule has 0 aliphatic heterocycles. The Hall–Kier alpha value is -0.0800. The predicted octanol–water partition coefficient (Wildman–Crippen LogP) is 3.11. The van der Waals surface area contributed by atoms with E-state index in [1.807, 2.05) is 7.11 Å². The van der Waals surface area contributed by atoms with Crippen molar-refractivity contribution in [3.05, 3.63) is 0 Å². The second-order valence-electron chi connectivity index (χ2n) is 5.11. The maximum absolute atomic E-state index is 5.66. The summed E-state index contributed by atoms with van der Waals surface area (Å²) in [4.78, 5) is 0. The van der Waals surface area contributed by atoms with Gasteiger partial charge in [0.25, 0.3) is 0 Å². The van der Waals surface area contributed by atoms with Gasteiger partial charge in [0.2, 0.25) is 0 Å². The molecule has 90 valence electrons. The average molecular weight is 214 g/mol. The molecule has 0 amide bonds. The highest BCUT2D eigenvalue weighted by molar-refractivity contribution is 4.82. The fraction of sp³-hybridized carbons (Fsp3) is 1.00.